The quantitative estimate of drug-likeness (QED) is 0.562. The molecule has 2 heterocycles. The molecule has 0 aliphatic heterocycles. The zero-order valence-electron chi connectivity index (χ0n) is 18.9. The first-order valence-electron chi connectivity index (χ1n) is 10.2. The Morgan fingerprint density at radius 1 is 1.19 bits per heavy atom. The fourth-order valence-corrected chi connectivity index (χ4v) is 3.45. The van der Waals surface area contributed by atoms with Crippen LogP contribution in [0.4, 0.5) is 0 Å². The molecule has 0 spiro atoms. The molecule has 7 heteroatoms. The Balaban J connectivity index is 1.73. The summed E-state index contributed by atoms with van der Waals surface area (Å²) in [4.78, 5) is 17.3. The number of benzene rings is 1. The summed E-state index contributed by atoms with van der Waals surface area (Å²) in [6, 6.07) is 11.1. The second kappa shape index (κ2) is 8.71. The summed E-state index contributed by atoms with van der Waals surface area (Å²) < 4.78 is 7.73. The fourth-order valence-electron chi connectivity index (χ4n) is 3.45. The van der Waals surface area contributed by atoms with Crippen molar-refractivity contribution in [1.82, 2.24) is 20.1 Å². The lowest BCUT2D eigenvalue weighted by Crippen LogP contribution is -2.48. The molecular weight excluding hydrogens is 390 g/mol. The number of rotatable bonds is 7. The van der Waals surface area contributed by atoms with Gasteiger partial charge >= 0.3 is 0 Å². The Bertz CT molecular complexity index is 1130. The van der Waals surface area contributed by atoms with Gasteiger partial charge in [0.25, 0.3) is 5.91 Å². The van der Waals surface area contributed by atoms with E-state index < -0.39 is 5.54 Å². The van der Waals surface area contributed by atoms with Crippen molar-refractivity contribution in [1.29, 1.82) is 5.41 Å². The van der Waals surface area contributed by atoms with Gasteiger partial charge in [-0.2, -0.15) is 5.10 Å². The van der Waals surface area contributed by atoms with Crippen molar-refractivity contribution in [3.05, 3.63) is 70.7 Å². The number of amides is 1. The van der Waals surface area contributed by atoms with Gasteiger partial charge in [0.2, 0.25) is 0 Å². The average Bonchev–Trinajstić information content (AvgIpc) is 3.04. The summed E-state index contributed by atoms with van der Waals surface area (Å²) in [6.07, 6.45) is 1.61. The predicted octanol–water partition coefficient (Wildman–Crippen LogP) is 4.17. The van der Waals surface area contributed by atoms with Crippen LogP contribution < -0.4 is 10.1 Å². The third kappa shape index (κ3) is 5.17. The minimum atomic E-state index is -0.629. The van der Waals surface area contributed by atoms with Crippen LogP contribution in [0.15, 0.2) is 42.6 Å². The summed E-state index contributed by atoms with van der Waals surface area (Å²) in [5, 5.41) is 15.5. The number of nitrogens with zero attached hydrogens (tertiary/aromatic N) is 3. The number of carbonyl (C=O) groups excluding carboxylic acids is 1. The summed E-state index contributed by atoms with van der Waals surface area (Å²) in [5.74, 6) is 1.02. The van der Waals surface area contributed by atoms with Gasteiger partial charge in [0.1, 0.15) is 12.4 Å². The number of ether oxygens (including phenoxy) is 1. The highest BCUT2D eigenvalue weighted by atomic mass is 16.5. The van der Waals surface area contributed by atoms with Gasteiger partial charge in [-0.1, -0.05) is 12.1 Å². The van der Waals surface area contributed by atoms with Gasteiger partial charge in [0.15, 0.2) is 5.82 Å². The average molecular weight is 420 g/mol. The normalized spacial score (nSPS) is 11.3. The van der Waals surface area contributed by atoms with Crippen molar-refractivity contribution in [2.45, 2.75) is 47.1 Å². The monoisotopic (exact) mass is 419 g/mol. The van der Waals surface area contributed by atoms with Crippen LogP contribution in [-0.2, 0) is 0 Å². The van der Waals surface area contributed by atoms with E-state index in [0.29, 0.717) is 22.8 Å². The van der Waals surface area contributed by atoms with E-state index in [4.69, 9.17) is 10.1 Å². The van der Waals surface area contributed by atoms with E-state index >= 15 is 0 Å². The molecule has 0 aliphatic rings. The molecule has 0 aliphatic carbocycles. The SMILES string of the molecule is CC(=N)c1c(C)cccc1OCC(C)(C)NC(=O)c1ccnc(-n2nc(C)cc2C)c1. The molecule has 0 bridgehead atoms. The van der Waals surface area contributed by atoms with Gasteiger partial charge in [0.05, 0.1) is 11.2 Å². The molecule has 1 amide bonds. The molecule has 3 rings (SSSR count). The van der Waals surface area contributed by atoms with E-state index in [1.54, 1.807) is 29.9 Å². The van der Waals surface area contributed by atoms with Crippen LogP contribution in [-0.4, -0.2) is 38.5 Å². The third-order valence-corrected chi connectivity index (χ3v) is 4.88. The maximum Gasteiger partial charge on any atom is 0.252 e. The van der Waals surface area contributed by atoms with E-state index in [1.165, 1.54) is 0 Å². The molecule has 3 aromatic rings. The largest absolute Gasteiger partial charge is 0.490 e. The third-order valence-electron chi connectivity index (χ3n) is 4.88. The summed E-state index contributed by atoms with van der Waals surface area (Å²) >= 11 is 0. The molecule has 162 valence electrons. The number of aromatic nitrogens is 3. The summed E-state index contributed by atoms with van der Waals surface area (Å²) in [6.45, 7) is 11.6. The summed E-state index contributed by atoms with van der Waals surface area (Å²) in [7, 11) is 0. The number of hydrogen-bond donors (Lipinski definition) is 2. The predicted molar refractivity (Wildman–Crippen MR) is 122 cm³/mol. The smallest absolute Gasteiger partial charge is 0.252 e. The van der Waals surface area contributed by atoms with Crippen LogP contribution in [0.25, 0.3) is 5.82 Å². The Hall–Kier alpha value is -3.48. The first kappa shape index (κ1) is 22.2. The van der Waals surface area contributed by atoms with Gasteiger partial charge in [-0.3, -0.25) is 4.79 Å². The van der Waals surface area contributed by atoms with Crippen LogP contribution in [0.2, 0.25) is 0 Å². The maximum absolute atomic E-state index is 12.9. The molecule has 2 aromatic heterocycles. The molecule has 7 nitrogen and oxygen atoms in total. The molecule has 0 unspecified atom stereocenters. The van der Waals surface area contributed by atoms with Gasteiger partial charge in [-0.25, -0.2) is 9.67 Å². The first-order chi connectivity index (χ1) is 14.6. The molecule has 0 saturated carbocycles. The van der Waals surface area contributed by atoms with Crippen LogP contribution in [0.5, 0.6) is 5.75 Å². The molecule has 0 atom stereocenters. The number of carbonyl (C=O) groups is 1. The molecular formula is C24H29N5O2. The van der Waals surface area contributed by atoms with Crippen LogP contribution in [0.1, 0.15) is 53.6 Å². The zero-order chi connectivity index (χ0) is 22.8. The Morgan fingerprint density at radius 2 is 1.94 bits per heavy atom. The Labute approximate surface area is 183 Å². The lowest BCUT2D eigenvalue weighted by molar-refractivity contribution is 0.0880. The lowest BCUT2D eigenvalue weighted by Gasteiger charge is -2.27. The van der Waals surface area contributed by atoms with Crippen molar-refractivity contribution in [3.63, 3.8) is 0 Å². The van der Waals surface area contributed by atoms with Crippen molar-refractivity contribution >= 4 is 11.6 Å². The zero-order valence-corrected chi connectivity index (χ0v) is 18.9. The highest BCUT2D eigenvalue weighted by molar-refractivity contribution is 6.00. The molecule has 1 aromatic carbocycles. The van der Waals surface area contributed by atoms with Gasteiger partial charge in [-0.15, -0.1) is 0 Å². The fraction of sp³-hybridized carbons (Fsp3) is 0.333. The molecule has 0 radical (unpaired) electrons. The molecule has 2 N–H and O–H groups in total. The van der Waals surface area contributed by atoms with E-state index in [9.17, 15) is 4.79 Å². The van der Waals surface area contributed by atoms with Crippen LogP contribution >= 0.6 is 0 Å². The van der Waals surface area contributed by atoms with E-state index in [1.807, 2.05) is 58.9 Å². The summed E-state index contributed by atoms with van der Waals surface area (Å²) in [5.41, 5.74) is 3.93. The Kier molecular flexibility index (Phi) is 6.24. The van der Waals surface area contributed by atoms with Gasteiger partial charge < -0.3 is 15.5 Å². The van der Waals surface area contributed by atoms with Crippen molar-refractivity contribution in [2.75, 3.05) is 6.61 Å². The number of hydrogen-bond acceptors (Lipinski definition) is 5. The highest BCUT2D eigenvalue weighted by Crippen LogP contribution is 2.23. The van der Waals surface area contributed by atoms with E-state index in [2.05, 4.69) is 15.4 Å². The number of pyridine rings is 1. The highest BCUT2D eigenvalue weighted by Gasteiger charge is 2.24. The van der Waals surface area contributed by atoms with E-state index in [-0.39, 0.29) is 12.5 Å². The number of aryl methyl sites for hydroxylation is 3. The van der Waals surface area contributed by atoms with E-state index in [0.717, 1.165) is 22.5 Å². The minimum absolute atomic E-state index is 0.216. The second-order valence-electron chi connectivity index (χ2n) is 8.44. The minimum Gasteiger partial charge on any atom is -0.490 e. The molecule has 0 saturated heterocycles. The van der Waals surface area contributed by atoms with Gasteiger partial charge in [0, 0.05) is 28.7 Å². The Morgan fingerprint density at radius 3 is 2.58 bits per heavy atom. The van der Waals surface area contributed by atoms with Crippen molar-refractivity contribution in [3.8, 4) is 11.6 Å². The second-order valence-corrected chi connectivity index (χ2v) is 8.44. The molecule has 31 heavy (non-hydrogen) atoms. The maximum atomic E-state index is 12.9. The van der Waals surface area contributed by atoms with Crippen molar-refractivity contribution < 1.29 is 9.53 Å². The van der Waals surface area contributed by atoms with Gasteiger partial charge in [-0.05, 0) is 71.4 Å². The van der Waals surface area contributed by atoms with Crippen LogP contribution in [0.3, 0.4) is 0 Å². The standard InChI is InChI=1S/C24H29N5O2/c1-15-8-7-9-20(22(15)18(4)25)31-14-24(5,6)27-23(30)19-10-11-26-21(13-19)29-17(3)12-16(2)28-29/h7-13,25H,14H2,1-6H3,(H,27,30). The first-order valence-corrected chi connectivity index (χ1v) is 10.2. The molecule has 0 fully saturated rings. The lowest BCUT2D eigenvalue weighted by atomic mass is 10.0. The number of nitrogens with one attached hydrogen (secondary N) is 2. The topological polar surface area (TPSA) is 92.9 Å². The van der Waals surface area contributed by atoms with Crippen molar-refractivity contribution in [2.24, 2.45) is 0 Å². The van der Waals surface area contributed by atoms with Crippen LogP contribution in [0, 0.1) is 26.2 Å².